The van der Waals surface area contributed by atoms with Crippen LogP contribution in [-0.4, -0.2) is 30.5 Å². The summed E-state index contributed by atoms with van der Waals surface area (Å²) in [5, 5.41) is 3.86. The molecule has 1 amide bonds. The van der Waals surface area contributed by atoms with Crippen LogP contribution < -0.4 is 10.2 Å². The second kappa shape index (κ2) is 8.93. The Morgan fingerprint density at radius 3 is 2.57 bits per heavy atom. The van der Waals surface area contributed by atoms with E-state index in [4.69, 9.17) is 0 Å². The Morgan fingerprint density at radius 1 is 1.04 bits per heavy atom. The number of para-hydroxylation sites is 1. The fourth-order valence-electron chi connectivity index (χ4n) is 3.45. The minimum atomic E-state index is -0.0512. The molecule has 1 aromatic heterocycles. The molecular formula is C23H23N3OS. The highest BCUT2D eigenvalue weighted by molar-refractivity contribution is 7.99. The topological polar surface area (TPSA) is 45.2 Å². The number of nitrogens with one attached hydrogen (secondary N) is 1. The molecule has 5 heteroatoms. The summed E-state index contributed by atoms with van der Waals surface area (Å²) < 4.78 is 0. The molecular weight excluding hydrogens is 366 g/mol. The summed E-state index contributed by atoms with van der Waals surface area (Å²) in [6.45, 7) is 2.70. The molecule has 2 heterocycles. The molecule has 0 aliphatic carbocycles. The van der Waals surface area contributed by atoms with Gasteiger partial charge in [-0.1, -0.05) is 48.2 Å². The number of aromatic nitrogens is 1. The van der Waals surface area contributed by atoms with Crippen molar-refractivity contribution in [2.45, 2.75) is 16.3 Å². The first kappa shape index (κ1) is 18.6. The number of carbonyl (C=O) groups is 1. The summed E-state index contributed by atoms with van der Waals surface area (Å²) in [6.07, 6.45) is 2.82. The number of pyridine rings is 1. The van der Waals surface area contributed by atoms with Gasteiger partial charge in [-0.05, 0) is 48.7 Å². The number of hydrogen-bond donors (Lipinski definition) is 1. The van der Waals surface area contributed by atoms with Gasteiger partial charge in [0.2, 0.25) is 0 Å². The monoisotopic (exact) mass is 389 g/mol. The first-order chi connectivity index (χ1) is 13.8. The van der Waals surface area contributed by atoms with Crippen molar-refractivity contribution in [1.29, 1.82) is 0 Å². The van der Waals surface area contributed by atoms with Gasteiger partial charge in [-0.2, -0.15) is 0 Å². The Kier molecular flexibility index (Phi) is 5.92. The van der Waals surface area contributed by atoms with Crippen LogP contribution in [0.1, 0.15) is 16.8 Å². The van der Waals surface area contributed by atoms with E-state index in [0.29, 0.717) is 18.0 Å². The van der Waals surface area contributed by atoms with Gasteiger partial charge >= 0.3 is 0 Å². The van der Waals surface area contributed by atoms with E-state index in [2.05, 4.69) is 39.5 Å². The Labute approximate surface area is 170 Å². The summed E-state index contributed by atoms with van der Waals surface area (Å²) in [5.74, 6) is 0.413. The molecule has 4 nitrogen and oxygen atoms in total. The maximum Gasteiger partial charge on any atom is 0.254 e. The number of hydrogen-bond acceptors (Lipinski definition) is 4. The minimum absolute atomic E-state index is 0.0512. The Balaban J connectivity index is 1.36. The number of amides is 1. The van der Waals surface area contributed by atoms with E-state index in [0.717, 1.165) is 29.4 Å². The highest BCUT2D eigenvalue weighted by atomic mass is 32.2. The van der Waals surface area contributed by atoms with Crippen molar-refractivity contribution >= 4 is 23.4 Å². The zero-order valence-corrected chi connectivity index (χ0v) is 16.4. The predicted octanol–water partition coefficient (Wildman–Crippen LogP) is 4.49. The van der Waals surface area contributed by atoms with E-state index in [9.17, 15) is 4.79 Å². The van der Waals surface area contributed by atoms with E-state index in [-0.39, 0.29) is 5.91 Å². The third kappa shape index (κ3) is 4.54. The van der Waals surface area contributed by atoms with Gasteiger partial charge in [-0.15, -0.1) is 0 Å². The maximum atomic E-state index is 12.8. The number of anilines is 1. The van der Waals surface area contributed by atoms with Gasteiger partial charge in [0.15, 0.2) is 0 Å². The average Bonchev–Trinajstić information content (AvgIpc) is 3.23. The van der Waals surface area contributed by atoms with Gasteiger partial charge in [-0.25, -0.2) is 4.98 Å². The second-order valence-electron chi connectivity index (χ2n) is 6.92. The van der Waals surface area contributed by atoms with E-state index >= 15 is 0 Å². The Bertz CT molecular complexity index is 917. The van der Waals surface area contributed by atoms with Gasteiger partial charge < -0.3 is 10.2 Å². The van der Waals surface area contributed by atoms with Crippen molar-refractivity contribution in [2.24, 2.45) is 5.92 Å². The van der Waals surface area contributed by atoms with Crippen molar-refractivity contribution in [3.05, 3.63) is 84.6 Å². The molecule has 28 heavy (non-hydrogen) atoms. The molecule has 1 N–H and O–H groups in total. The van der Waals surface area contributed by atoms with Gasteiger partial charge in [0.05, 0.1) is 5.56 Å². The van der Waals surface area contributed by atoms with Gasteiger partial charge in [0, 0.05) is 36.4 Å². The zero-order chi connectivity index (χ0) is 19.2. The van der Waals surface area contributed by atoms with Crippen molar-refractivity contribution in [3.63, 3.8) is 0 Å². The SMILES string of the molecule is O=C(NC[C@H]1CCN(c2ccccc2)C1)c1cccnc1Sc1ccccc1. The third-order valence-corrected chi connectivity index (χ3v) is 5.96. The van der Waals surface area contributed by atoms with Crippen LogP contribution in [0, 0.1) is 5.92 Å². The summed E-state index contributed by atoms with van der Waals surface area (Å²) in [7, 11) is 0. The molecule has 2 aromatic carbocycles. The van der Waals surface area contributed by atoms with E-state index in [1.807, 2.05) is 48.5 Å². The van der Waals surface area contributed by atoms with Gasteiger partial charge in [-0.3, -0.25) is 4.79 Å². The molecule has 142 valence electrons. The number of carbonyl (C=O) groups excluding carboxylic acids is 1. The summed E-state index contributed by atoms with van der Waals surface area (Å²) in [6, 6.07) is 24.1. The van der Waals surface area contributed by atoms with Crippen molar-refractivity contribution in [2.75, 3.05) is 24.5 Å². The summed E-state index contributed by atoms with van der Waals surface area (Å²) >= 11 is 1.52. The fourth-order valence-corrected chi connectivity index (χ4v) is 4.35. The second-order valence-corrected chi connectivity index (χ2v) is 7.98. The van der Waals surface area contributed by atoms with Crippen LogP contribution in [0.15, 0.2) is 88.9 Å². The molecule has 0 unspecified atom stereocenters. The van der Waals surface area contributed by atoms with Gasteiger partial charge in [0.25, 0.3) is 5.91 Å². The maximum absolute atomic E-state index is 12.8. The third-order valence-electron chi connectivity index (χ3n) is 4.93. The molecule has 1 saturated heterocycles. The number of nitrogens with zero attached hydrogens (tertiary/aromatic N) is 2. The lowest BCUT2D eigenvalue weighted by Crippen LogP contribution is -2.31. The van der Waals surface area contributed by atoms with Crippen LogP contribution in [0.25, 0.3) is 0 Å². The molecule has 3 aromatic rings. The van der Waals surface area contributed by atoms with Crippen LogP contribution >= 0.6 is 11.8 Å². The van der Waals surface area contributed by atoms with Crippen molar-refractivity contribution in [1.82, 2.24) is 10.3 Å². The first-order valence-corrected chi connectivity index (χ1v) is 10.4. The standard InChI is InChI=1S/C23H23N3OS/c27-22(21-12-7-14-24-23(21)28-20-10-5-2-6-11-20)25-16-18-13-15-26(17-18)19-8-3-1-4-9-19/h1-12,14,18H,13,15-17H2,(H,25,27)/t18-/m1/s1. The molecule has 4 rings (SSSR count). The van der Waals surface area contributed by atoms with E-state index in [1.54, 1.807) is 6.20 Å². The fraction of sp³-hybridized carbons (Fsp3) is 0.217. The lowest BCUT2D eigenvalue weighted by Gasteiger charge is -2.18. The average molecular weight is 390 g/mol. The van der Waals surface area contributed by atoms with Crippen molar-refractivity contribution in [3.8, 4) is 0 Å². The minimum Gasteiger partial charge on any atom is -0.371 e. The molecule has 0 bridgehead atoms. The molecule has 1 fully saturated rings. The Morgan fingerprint density at radius 2 is 1.79 bits per heavy atom. The normalized spacial score (nSPS) is 16.1. The Hall–Kier alpha value is -2.79. The summed E-state index contributed by atoms with van der Waals surface area (Å²) in [4.78, 5) is 20.7. The highest BCUT2D eigenvalue weighted by Gasteiger charge is 2.23. The number of benzene rings is 2. The van der Waals surface area contributed by atoms with Crippen LogP contribution in [0.4, 0.5) is 5.69 Å². The molecule has 0 saturated carbocycles. The highest BCUT2D eigenvalue weighted by Crippen LogP contribution is 2.28. The van der Waals surface area contributed by atoms with E-state index < -0.39 is 0 Å². The largest absolute Gasteiger partial charge is 0.371 e. The number of rotatable bonds is 6. The first-order valence-electron chi connectivity index (χ1n) is 9.56. The van der Waals surface area contributed by atoms with Crippen LogP contribution in [0.2, 0.25) is 0 Å². The quantitative estimate of drug-likeness (QED) is 0.675. The molecule has 0 radical (unpaired) electrons. The zero-order valence-electron chi connectivity index (χ0n) is 15.6. The summed E-state index contributed by atoms with van der Waals surface area (Å²) in [5.41, 5.74) is 1.89. The van der Waals surface area contributed by atoms with Gasteiger partial charge in [0.1, 0.15) is 5.03 Å². The van der Waals surface area contributed by atoms with Crippen LogP contribution in [-0.2, 0) is 0 Å². The predicted molar refractivity (Wildman–Crippen MR) is 114 cm³/mol. The molecule has 0 spiro atoms. The van der Waals surface area contributed by atoms with Crippen molar-refractivity contribution < 1.29 is 4.79 Å². The molecule has 1 atom stereocenters. The molecule has 1 aliphatic heterocycles. The molecule has 1 aliphatic rings. The lowest BCUT2D eigenvalue weighted by atomic mass is 10.1. The van der Waals surface area contributed by atoms with E-state index in [1.165, 1.54) is 17.4 Å². The lowest BCUT2D eigenvalue weighted by molar-refractivity contribution is 0.0944. The smallest absolute Gasteiger partial charge is 0.254 e. The van der Waals surface area contributed by atoms with Crippen LogP contribution in [0.3, 0.4) is 0 Å². The van der Waals surface area contributed by atoms with Crippen LogP contribution in [0.5, 0.6) is 0 Å².